The Labute approximate surface area is 329 Å². The van der Waals surface area contributed by atoms with E-state index in [0.29, 0.717) is 12.8 Å². The van der Waals surface area contributed by atoms with E-state index in [-0.39, 0.29) is 19.4 Å². The Kier molecular flexibility index (Phi) is 38.5. The van der Waals surface area contributed by atoms with Crippen molar-refractivity contribution < 1.29 is 47.8 Å². The number of aliphatic hydroxyl groups excluding tert-OH is 2. The third kappa shape index (κ3) is 38.7. The molecule has 0 aromatic rings. The van der Waals surface area contributed by atoms with Crippen LogP contribution in [0.3, 0.4) is 0 Å². The first kappa shape index (κ1) is 52.5. The number of carbonyl (C=O) groups excluding carboxylic acids is 2. The van der Waals surface area contributed by atoms with Crippen molar-refractivity contribution in [2.75, 3.05) is 26.4 Å². The smallest absolute Gasteiger partial charge is 0.462 e. The Morgan fingerprint density at radius 2 is 0.907 bits per heavy atom. The normalized spacial score (nSPS) is 14.1. The monoisotopic (exact) mass is 789 g/mol. The number of esters is 2. The number of hydrogen-bond acceptors (Lipinski definition) is 9. The number of allylic oxidation sites excluding steroid dienone is 4. The predicted molar refractivity (Wildman–Crippen MR) is 219 cm³/mol. The minimum absolute atomic E-state index is 0.174. The van der Waals surface area contributed by atoms with Gasteiger partial charge in [-0.25, -0.2) is 4.57 Å². The average Bonchev–Trinajstić information content (AvgIpc) is 3.16. The lowest BCUT2D eigenvalue weighted by Gasteiger charge is -2.20. The Morgan fingerprint density at radius 3 is 1.33 bits per heavy atom. The third-order valence-corrected chi connectivity index (χ3v) is 10.3. The molecule has 1 unspecified atom stereocenters. The summed E-state index contributed by atoms with van der Waals surface area (Å²) in [6.07, 6.45) is 38.5. The van der Waals surface area contributed by atoms with E-state index < -0.39 is 51.8 Å². The van der Waals surface area contributed by atoms with Gasteiger partial charge >= 0.3 is 19.8 Å². The van der Waals surface area contributed by atoms with Crippen molar-refractivity contribution in [3.8, 4) is 0 Å². The van der Waals surface area contributed by atoms with E-state index in [1.54, 1.807) is 0 Å². The maximum Gasteiger partial charge on any atom is 0.472 e. The van der Waals surface area contributed by atoms with E-state index in [9.17, 15) is 24.2 Å². The van der Waals surface area contributed by atoms with E-state index in [1.807, 2.05) is 0 Å². The summed E-state index contributed by atoms with van der Waals surface area (Å²) in [5.41, 5.74) is 0. The van der Waals surface area contributed by atoms with Gasteiger partial charge in [-0.05, 0) is 64.2 Å². The molecular weight excluding hydrogens is 707 g/mol. The van der Waals surface area contributed by atoms with E-state index in [4.69, 9.17) is 19.1 Å². The van der Waals surface area contributed by atoms with Gasteiger partial charge in [0, 0.05) is 12.8 Å². The van der Waals surface area contributed by atoms with Gasteiger partial charge in [0.15, 0.2) is 6.10 Å². The van der Waals surface area contributed by atoms with Gasteiger partial charge in [-0.15, -0.1) is 0 Å². The fourth-order valence-electron chi connectivity index (χ4n) is 5.92. The molecule has 0 saturated carbocycles. The molecule has 0 bridgehead atoms. The second kappa shape index (κ2) is 39.7. The largest absolute Gasteiger partial charge is 0.472 e. The highest BCUT2D eigenvalue weighted by Crippen LogP contribution is 2.43. The van der Waals surface area contributed by atoms with Crippen LogP contribution in [0, 0.1) is 0 Å². The summed E-state index contributed by atoms with van der Waals surface area (Å²) in [4.78, 5) is 35.0. The Bertz CT molecular complexity index is 957. The maximum atomic E-state index is 12.6. The van der Waals surface area contributed by atoms with Crippen LogP contribution in [0.25, 0.3) is 0 Å². The molecule has 0 aliphatic heterocycles. The van der Waals surface area contributed by atoms with Crippen molar-refractivity contribution in [1.82, 2.24) is 0 Å². The molecule has 318 valence electrons. The Morgan fingerprint density at radius 1 is 0.537 bits per heavy atom. The van der Waals surface area contributed by atoms with Gasteiger partial charge in [0.1, 0.15) is 12.7 Å². The molecule has 0 aliphatic carbocycles. The molecular formula is C43H81O10P. The van der Waals surface area contributed by atoms with Gasteiger partial charge in [0.05, 0.1) is 19.8 Å². The summed E-state index contributed by atoms with van der Waals surface area (Å²) >= 11 is 0. The first-order chi connectivity index (χ1) is 26.2. The fourth-order valence-corrected chi connectivity index (χ4v) is 6.71. The molecule has 0 aromatic heterocycles. The highest BCUT2D eigenvalue weighted by atomic mass is 31.2. The molecule has 10 nitrogen and oxygen atoms in total. The summed E-state index contributed by atoms with van der Waals surface area (Å²) in [5.74, 6) is -0.939. The van der Waals surface area contributed by atoms with Crippen LogP contribution in [-0.4, -0.2) is 65.7 Å². The molecule has 0 heterocycles. The summed E-state index contributed by atoms with van der Waals surface area (Å²) in [6.45, 7) is 2.36. The van der Waals surface area contributed by atoms with Crippen molar-refractivity contribution in [3.05, 3.63) is 24.3 Å². The quantitative estimate of drug-likeness (QED) is 0.0236. The standard InChI is InChI=1S/C43H81O10P/c1-3-5-7-9-11-13-15-17-19-21-23-25-27-29-31-33-35-43(47)53-41(39-52-54(48,49)51-37-40(45)36-44)38-50-42(46)34-32-30-28-26-24-22-20-18-16-14-12-10-8-6-4-2/h18-21,40-41,44-45H,3-17,22-39H2,1-2H3,(H,48,49)/b20-18-,21-19-/t40-,41+/m0/s1. The second-order valence-corrected chi connectivity index (χ2v) is 16.2. The van der Waals surface area contributed by atoms with Gasteiger partial charge in [-0.1, -0.05) is 147 Å². The van der Waals surface area contributed by atoms with E-state index in [0.717, 1.165) is 70.6 Å². The lowest BCUT2D eigenvalue weighted by Crippen LogP contribution is -2.29. The average molecular weight is 789 g/mol. The van der Waals surface area contributed by atoms with Crippen molar-refractivity contribution in [2.24, 2.45) is 0 Å². The first-order valence-corrected chi connectivity index (χ1v) is 23.3. The SMILES string of the molecule is CCCCCCCC/C=C\CCCCCCCC(=O)OC[C@H](COP(=O)(O)OC[C@@H](O)CO)OC(=O)CCCCCCC/C=C\CCCCCCCCC. The first-order valence-electron chi connectivity index (χ1n) is 21.8. The van der Waals surface area contributed by atoms with Crippen LogP contribution in [0.1, 0.15) is 200 Å². The highest BCUT2D eigenvalue weighted by molar-refractivity contribution is 7.47. The topological polar surface area (TPSA) is 149 Å². The predicted octanol–water partition coefficient (Wildman–Crippen LogP) is 11.4. The van der Waals surface area contributed by atoms with E-state index in [2.05, 4.69) is 42.7 Å². The van der Waals surface area contributed by atoms with Crippen LogP contribution in [-0.2, 0) is 32.7 Å². The minimum atomic E-state index is -4.62. The molecule has 0 radical (unpaired) electrons. The third-order valence-electron chi connectivity index (χ3n) is 9.33. The number of unbranched alkanes of at least 4 members (excludes halogenated alkanes) is 23. The molecule has 3 atom stereocenters. The zero-order valence-electron chi connectivity index (χ0n) is 34.4. The van der Waals surface area contributed by atoms with Crippen molar-refractivity contribution in [2.45, 2.75) is 212 Å². The maximum absolute atomic E-state index is 12.6. The number of phosphoric ester groups is 1. The molecule has 54 heavy (non-hydrogen) atoms. The van der Waals surface area contributed by atoms with Crippen LogP contribution in [0.5, 0.6) is 0 Å². The lowest BCUT2D eigenvalue weighted by atomic mass is 10.1. The van der Waals surface area contributed by atoms with Crippen LogP contribution in [0.15, 0.2) is 24.3 Å². The van der Waals surface area contributed by atoms with Crippen LogP contribution < -0.4 is 0 Å². The summed E-state index contributed by atoms with van der Waals surface area (Å²) < 4.78 is 32.7. The molecule has 0 aliphatic rings. The van der Waals surface area contributed by atoms with E-state index >= 15 is 0 Å². The number of carbonyl (C=O) groups is 2. The van der Waals surface area contributed by atoms with Crippen molar-refractivity contribution in [1.29, 1.82) is 0 Å². The zero-order chi connectivity index (χ0) is 39.8. The van der Waals surface area contributed by atoms with Crippen LogP contribution in [0.2, 0.25) is 0 Å². The van der Waals surface area contributed by atoms with Crippen molar-refractivity contribution in [3.63, 3.8) is 0 Å². The van der Waals surface area contributed by atoms with Crippen molar-refractivity contribution >= 4 is 19.8 Å². The molecule has 0 rings (SSSR count). The van der Waals surface area contributed by atoms with Gasteiger partial charge in [-0.2, -0.15) is 0 Å². The highest BCUT2D eigenvalue weighted by Gasteiger charge is 2.27. The number of hydrogen-bond donors (Lipinski definition) is 3. The van der Waals surface area contributed by atoms with Gasteiger partial charge in [0.2, 0.25) is 0 Å². The summed E-state index contributed by atoms with van der Waals surface area (Å²) in [7, 11) is -4.62. The van der Waals surface area contributed by atoms with Gasteiger partial charge in [0.25, 0.3) is 0 Å². The Hall–Kier alpha value is -1.55. The summed E-state index contributed by atoms with van der Waals surface area (Å²) in [5, 5.41) is 18.3. The molecule has 0 saturated heterocycles. The van der Waals surface area contributed by atoms with E-state index in [1.165, 1.54) is 89.9 Å². The lowest BCUT2D eigenvalue weighted by molar-refractivity contribution is -0.161. The van der Waals surface area contributed by atoms with Crippen LogP contribution >= 0.6 is 7.82 Å². The number of phosphoric acid groups is 1. The minimum Gasteiger partial charge on any atom is -0.462 e. The summed E-state index contributed by atoms with van der Waals surface area (Å²) in [6, 6.07) is 0. The van der Waals surface area contributed by atoms with Gasteiger partial charge in [-0.3, -0.25) is 18.6 Å². The molecule has 0 aromatic carbocycles. The number of ether oxygens (including phenoxy) is 2. The number of rotatable bonds is 41. The fraction of sp³-hybridized carbons (Fsp3) is 0.860. The second-order valence-electron chi connectivity index (χ2n) is 14.7. The Balaban J connectivity index is 4.31. The molecule has 0 fully saturated rings. The molecule has 3 N–H and O–H groups in total. The number of aliphatic hydroxyl groups is 2. The van der Waals surface area contributed by atoms with Gasteiger partial charge < -0.3 is 24.6 Å². The van der Waals surface area contributed by atoms with Crippen LogP contribution in [0.4, 0.5) is 0 Å². The molecule has 11 heteroatoms. The molecule has 0 spiro atoms. The zero-order valence-corrected chi connectivity index (χ0v) is 35.3. The molecule has 0 amide bonds.